The first-order chi connectivity index (χ1) is 13.8. The molecule has 0 saturated carbocycles. The second kappa shape index (κ2) is 6.73. The highest BCUT2D eigenvalue weighted by Gasteiger charge is 2.38. The lowest BCUT2D eigenvalue weighted by atomic mass is 9.89. The predicted molar refractivity (Wildman–Crippen MR) is 109 cm³/mol. The average Bonchev–Trinajstić information content (AvgIpc) is 3.38. The summed E-state index contributed by atoms with van der Waals surface area (Å²) < 4.78 is 26.7. The van der Waals surface area contributed by atoms with E-state index in [0.717, 1.165) is 36.1 Å². The van der Waals surface area contributed by atoms with Gasteiger partial charge in [-0.15, -0.1) is 11.3 Å². The van der Waals surface area contributed by atoms with E-state index in [0.29, 0.717) is 28.4 Å². The van der Waals surface area contributed by atoms with Gasteiger partial charge < -0.3 is 16.2 Å². The van der Waals surface area contributed by atoms with E-state index in [2.05, 4.69) is 15.4 Å². The molecular weight excluding hydrogens is 412 g/mol. The molecule has 29 heavy (non-hydrogen) atoms. The summed E-state index contributed by atoms with van der Waals surface area (Å²) in [6, 6.07) is 0.784. The van der Waals surface area contributed by atoms with E-state index < -0.39 is 9.84 Å². The summed E-state index contributed by atoms with van der Waals surface area (Å²) >= 11 is 1.35. The van der Waals surface area contributed by atoms with Crippen LogP contribution in [0.2, 0.25) is 0 Å². The van der Waals surface area contributed by atoms with E-state index >= 15 is 0 Å². The summed E-state index contributed by atoms with van der Waals surface area (Å²) in [5, 5.41) is 17.8. The first kappa shape index (κ1) is 18.9. The molecule has 3 atom stereocenters. The molecule has 3 aromatic heterocycles. The summed E-state index contributed by atoms with van der Waals surface area (Å²) in [7, 11) is -3.59. The standard InChI is InChI=1S/C18H22N6O3S2/c1-29(26,27)16-15(9-4-10-2-3-11(5-9)22-10)23-18-12(6-21-24(18)17(16)19)13-7-20-14(8-25)28-13/h6-7,9-11,22,25H,2-5,8,19H2,1H3/t9?,10-,11+. The van der Waals surface area contributed by atoms with Gasteiger partial charge in [-0.25, -0.2) is 18.4 Å². The summed E-state index contributed by atoms with van der Waals surface area (Å²) in [5.41, 5.74) is 8.13. The molecule has 2 aliphatic heterocycles. The van der Waals surface area contributed by atoms with Gasteiger partial charge in [0.2, 0.25) is 0 Å². The number of hydrogen-bond acceptors (Lipinski definition) is 9. The van der Waals surface area contributed by atoms with Crippen molar-refractivity contribution in [1.29, 1.82) is 0 Å². The molecule has 5 heterocycles. The molecule has 5 rings (SSSR count). The van der Waals surface area contributed by atoms with Crippen molar-refractivity contribution in [2.75, 3.05) is 12.0 Å². The minimum atomic E-state index is -3.59. The maximum atomic E-state index is 12.6. The normalized spacial score (nSPS) is 24.4. The molecule has 2 saturated heterocycles. The molecular formula is C18H22N6O3S2. The number of piperidine rings is 1. The first-order valence-corrected chi connectivity index (χ1v) is 12.2. The monoisotopic (exact) mass is 434 g/mol. The molecule has 9 nitrogen and oxygen atoms in total. The number of nitrogen functional groups attached to an aromatic ring is 1. The lowest BCUT2D eigenvalue weighted by Crippen LogP contribution is -2.38. The summed E-state index contributed by atoms with van der Waals surface area (Å²) in [4.78, 5) is 9.90. The maximum absolute atomic E-state index is 12.6. The van der Waals surface area contributed by atoms with Gasteiger partial charge in [0, 0.05) is 30.5 Å². The zero-order valence-electron chi connectivity index (χ0n) is 15.9. The Kier molecular flexibility index (Phi) is 4.39. The molecule has 0 aliphatic carbocycles. The number of nitrogens with zero attached hydrogens (tertiary/aromatic N) is 4. The number of aliphatic hydroxyl groups is 1. The van der Waals surface area contributed by atoms with E-state index in [-0.39, 0.29) is 23.2 Å². The molecule has 0 radical (unpaired) electrons. The molecule has 2 bridgehead atoms. The number of thiazole rings is 1. The zero-order chi connectivity index (χ0) is 20.3. The van der Waals surface area contributed by atoms with Crippen molar-refractivity contribution in [3.8, 4) is 10.4 Å². The van der Waals surface area contributed by atoms with Crippen molar-refractivity contribution in [2.45, 2.75) is 55.2 Å². The maximum Gasteiger partial charge on any atom is 0.180 e. The third-order valence-electron chi connectivity index (χ3n) is 5.85. The van der Waals surface area contributed by atoms with Crippen molar-refractivity contribution in [1.82, 2.24) is 24.9 Å². The Morgan fingerprint density at radius 1 is 1.31 bits per heavy atom. The Labute approximate surface area is 171 Å². The lowest BCUT2D eigenvalue weighted by molar-refractivity contribution is 0.281. The summed E-state index contributed by atoms with van der Waals surface area (Å²) in [6.45, 7) is -0.138. The van der Waals surface area contributed by atoms with Gasteiger partial charge in [-0.1, -0.05) is 0 Å². The quantitative estimate of drug-likeness (QED) is 0.560. The molecule has 0 spiro atoms. The largest absolute Gasteiger partial charge is 0.389 e. The van der Waals surface area contributed by atoms with Crippen LogP contribution in [0, 0.1) is 0 Å². The van der Waals surface area contributed by atoms with Crippen LogP contribution in [0.1, 0.15) is 42.3 Å². The van der Waals surface area contributed by atoms with Crippen molar-refractivity contribution in [3.05, 3.63) is 23.1 Å². The van der Waals surface area contributed by atoms with Crippen LogP contribution in [0.25, 0.3) is 16.1 Å². The Morgan fingerprint density at radius 2 is 2.03 bits per heavy atom. The Bertz CT molecular complexity index is 1190. The molecule has 154 valence electrons. The number of rotatable bonds is 4. The molecule has 3 aromatic rings. The number of nitrogens with one attached hydrogen (secondary N) is 1. The van der Waals surface area contributed by atoms with Gasteiger partial charge in [0.05, 0.1) is 28.9 Å². The van der Waals surface area contributed by atoms with Gasteiger partial charge in [-0.2, -0.15) is 9.61 Å². The highest BCUT2D eigenvalue weighted by Crippen LogP contribution is 2.41. The van der Waals surface area contributed by atoms with Crippen LogP contribution in [0.5, 0.6) is 0 Å². The molecule has 11 heteroatoms. The summed E-state index contributed by atoms with van der Waals surface area (Å²) in [6.07, 6.45) is 8.37. The average molecular weight is 435 g/mol. The molecule has 4 N–H and O–H groups in total. The molecule has 1 unspecified atom stereocenters. The smallest absolute Gasteiger partial charge is 0.180 e. The van der Waals surface area contributed by atoms with Gasteiger partial charge >= 0.3 is 0 Å². The van der Waals surface area contributed by atoms with E-state index in [9.17, 15) is 13.5 Å². The molecule has 0 amide bonds. The van der Waals surface area contributed by atoms with Crippen molar-refractivity contribution >= 4 is 32.6 Å². The van der Waals surface area contributed by atoms with Gasteiger partial charge in [0.15, 0.2) is 15.5 Å². The van der Waals surface area contributed by atoms with Gasteiger partial charge in [-0.3, -0.25) is 0 Å². The number of anilines is 1. The van der Waals surface area contributed by atoms with Crippen molar-refractivity contribution in [3.63, 3.8) is 0 Å². The van der Waals surface area contributed by atoms with Crippen LogP contribution in [-0.4, -0.2) is 51.4 Å². The Hall–Kier alpha value is -2.08. The SMILES string of the molecule is CS(=O)(=O)c1c(C2C[C@H]3CC[C@@H](C2)N3)nc2c(-c3cnc(CO)s3)cnn2c1N. The Balaban J connectivity index is 1.72. The fourth-order valence-electron chi connectivity index (χ4n) is 4.64. The van der Waals surface area contributed by atoms with Crippen molar-refractivity contribution in [2.24, 2.45) is 0 Å². The van der Waals surface area contributed by atoms with Crippen LogP contribution in [0.4, 0.5) is 5.82 Å². The number of sulfone groups is 1. The third kappa shape index (κ3) is 3.12. The number of aliphatic hydroxyl groups excluding tert-OH is 1. The fraction of sp³-hybridized carbons (Fsp3) is 0.500. The van der Waals surface area contributed by atoms with Crippen molar-refractivity contribution < 1.29 is 13.5 Å². The highest BCUT2D eigenvalue weighted by molar-refractivity contribution is 7.91. The van der Waals surface area contributed by atoms with Crippen LogP contribution < -0.4 is 11.1 Å². The first-order valence-electron chi connectivity index (χ1n) is 9.54. The third-order valence-corrected chi connectivity index (χ3v) is 8.02. The summed E-state index contributed by atoms with van der Waals surface area (Å²) in [5.74, 6) is 0.125. The highest BCUT2D eigenvalue weighted by atomic mass is 32.2. The molecule has 0 aromatic carbocycles. The second-order valence-electron chi connectivity index (χ2n) is 7.86. The minimum Gasteiger partial charge on any atom is -0.389 e. The van der Waals surface area contributed by atoms with E-state index in [1.807, 2.05) is 0 Å². The zero-order valence-corrected chi connectivity index (χ0v) is 17.5. The number of fused-ring (bicyclic) bond motifs is 3. The van der Waals surface area contributed by atoms with Crippen LogP contribution in [-0.2, 0) is 16.4 Å². The lowest BCUT2D eigenvalue weighted by Gasteiger charge is -2.30. The Morgan fingerprint density at radius 3 is 2.66 bits per heavy atom. The van der Waals surface area contributed by atoms with Gasteiger partial charge in [0.25, 0.3) is 0 Å². The van der Waals surface area contributed by atoms with Crippen LogP contribution in [0.15, 0.2) is 17.3 Å². The van der Waals surface area contributed by atoms with E-state index in [4.69, 9.17) is 10.7 Å². The van der Waals surface area contributed by atoms with E-state index in [1.54, 1.807) is 12.4 Å². The molecule has 2 aliphatic rings. The van der Waals surface area contributed by atoms with Gasteiger partial charge in [0.1, 0.15) is 15.7 Å². The predicted octanol–water partition coefficient (Wildman–Crippen LogP) is 1.33. The number of nitrogens with two attached hydrogens (primary N) is 1. The fourth-order valence-corrected chi connectivity index (χ4v) is 6.48. The van der Waals surface area contributed by atoms with E-state index in [1.165, 1.54) is 22.1 Å². The number of aromatic nitrogens is 4. The number of hydrogen-bond donors (Lipinski definition) is 3. The van der Waals surface area contributed by atoms with Crippen LogP contribution in [0.3, 0.4) is 0 Å². The van der Waals surface area contributed by atoms with Gasteiger partial charge in [-0.05, 0) is 25.7 Å². The topological polar surface area (TPSA) is 136 Å². The van der Waals surface area contributed by atoms with Crippen LogP contribution >= 0.6 is 11.3 Å². The second-order valence-corrected chi connectivity index (χ2v) is 10.9. The molecule has 2 fully saturated rings. The minimum absolute atomic E-state index is 0.0305.